The van der Waals surface area contributed by atoms with E-state index in [0.29, 0.717) is 11.8 Å². The van der Waals surface area contributed by atoms with Crippen molar-refractivity contribution in [2.45, 2.75) is 18.0 Å². The van der Waals surface area contributed by atoms with Crippen LogP contribution in [-0.4, -0.2) is 19.3 Å². The summed E-state index contributed by atoms with van der Waals surface area (Å²) in [6, 6.07) is 14.1. The summed E-state index contributed by atoms with van der Waals surface area (Å²) in [6.45, 7) is 1.48. The van der Waals surface area contributed by atoms with Gasteiger partial charge in [-0.25, -0.2) is 0 Å². The number of alkyl halides is 3. The lowest BCUT2D eigenvalue weighted by molar-refractivity contribution is -0.137. The fourth-order valence-corrected chi connectivity index (χ4v) is 3.17. The highest BCUT2D eigenvalue weighted by Crippen LogP contribution is 2.30. The molecular weight excluding hydrogens is 395 g/mol. The van der Waals surface area contributed by atoms with E-state index >= 15 is 0 Å². The molecule has 1 N–H and O–H groups in total. The zero-order chi connectivity index (χ0) is 20.4. The minimum absolute atomic E-state index is 0.158. The first-order valence-corrected chi connectivity index (χ1v) is 9.41. The average Bonchev–Trinajstić information content (AvgIpc) is 3.17. The highest BCUT2D eigenvalue weighted by molar-refractivity contribution is 7.89. The van der Waals surface area contributed by atoms with E-state index in [9.17, 15) is 21.6 Å². The maximum atomic E-state index is 12.8. The molecule has 0 spiro atoms. The van der Waals surface area contributed by atoms with Crippen LogP contribution in [0.25, 0.3) is 11.3 Å². The Hall–Kier alpha value is -3.14. The summed E-state index contributed by atoms with van der Waals surface area (Å²) >= 11 is 0. The van der Waals surface area contributed by atoms with Gasteiger partial charge in [-0.3, -0.25) is 0 Å². The van der Waals surface area contributed by atoms with Gasteiger partial charge in [-0.15, -0.1) is 0 Å². The van der Waals surface area contributed by atoms with Gasteiger partial charge < -0.3 is 4.52 Å². The smallest absolute Gasteiger partial charge is 0.354 e. The van der Waals surface area contributed by atoms with Crippen LogP contribution in [0.15, 0.2) is 75.2 Å². The molecule has 0 saturated carbocycles. The molecule has 146 valence electrons. The molecule has 6 nitrogen and oxygen atoms in total. The molecule has 2 aromatic carbocycles. The molecule has 1 heterocycles. The van der Waals surface area contributed by atoms with E-state index < -0.39 is 26.7 Å². The second-order valence-electron chi connectivity index (χ2n) is 5.76. The van der Waals surface area contributed by atoms with E-state index in [0.717, 1.165) is 23.8 Å². The molecule has 0 bridgehead atoms. The first kappa shape index (κ1) is 19.6. The summed E-state index contributed by atoms with van der Waals surface area (Å²) < 4.78 is 68.0. The van der Waals surface area contributed by atoms with E-state index in [1.165, 1.54) is 6.92 Å². The number of aromatic nitrogens is 1. The van der Waals surface area contributed by atoms with Gasteiger partial charge in [0.2, 0.25) is 0 Å². The Bertz CT molecular complexity index is 1110. The molecule has 3 rings (SSSR count). The van der Waals surface area contributed by atoms with Crippen molar-refractivity contribution < 1.29 is 26.1 Å². The second-order valence-corrected chi connectivity index (χ2v) is 7.42. The molecular formula is C18H14F3N3O3S. The molecule has 0 aliphatic heterocycles. The average molecular weight is 409 g/mol. The van der Waals surface area contributed by atoms with Gasteiger partial charge in [-0.1, -0.05) is 41.6 Å². The van der Waals surface area contributed by atoms with E-state index in [-0.39, 0.29) is 11.5 Å². The normalized spacial score (nSPS) is 12.8. The molecule has 0 fully saturated rings. The van der Waals surface area contributed by atoms with Crippen molar-refractivity contribution in [1.29, 1.82) is 0 Å². The maximum absolute atomic E-state index is 12.8. The number of rotatable bonds is 5. The van der Waals surface area contributed by atoms with Gasteiger partial charge in [0.05, 0.1) is 10.5 Å². The second kappa shape index (κ2) is 7.47. The quantitative estimate of drug-likeness (QED) is 0.509. The molecule has 0 saturated heterocycles. The van der Waals surface area contributed by atoms with E-state index in [2.05, 4.69) is 10.3 Å². The first-order valence-electron chi connectivity index (χ1n) is 7.93. The van der Waals surface area contributed by atoms with Gasteiger partial charge in [0.25, 0.3) is 10.0 Å². The fraction of sp³-hybridized carbons (Fsp3) is 0.111. The first-order chi connectivity index (χ1) is 13.2. The lowest BCUT2D eigenvalue weighted by Gasteiger charge is -2.09. The van der Waals surface area contributed by atoms with Gasteiger partial charge in [0, 0.05) is 11.6 Å². The number of nitrogens with one attached hydrogen (secondary N) is 1. The highest BCUT2D eigenvalue weighted by atomic mass is 32.2. The largest absolute Gasteiger partial charge is 0.416 e. The molecule has 28 heavy (non-hydrogen) atoms. The molecule has 0 amide bonds. The summed E-state index contributed by atoms with van der Waals surface area (Å²) in [7, 11) is -4.29. The van der Waals surface area contributed by atoms with E-state index in [1.807, 2.05) is 35.2 Å². The lowest BCUT2D eigenvalue weighted by Crippen LogP contribution is -2.20. The summed E-state index contributed by atoms with van der Waals surface area (Å²) in [4.78, 5) is 1.35. The topological polar surface area (TPSA) is 84.6 Å². The van der Waals surface area contributed by atoms with E-state index in [4.69, 9.17) is 4.52 Å². The third-order valence-electron chi connectivity index (χ3n) is 3.74. The molecule has 10 heteroatoms. The van der Waals surface area contributed by atoms with Gasteiger partial charge in [-0.05, 0) is 25.1 Å². The molecule has 0 atom stereocenters. The Morgan fingerprint density at radius 3 is 2.46 bits per heavy atom. The van der Waals surface area contributed by atoms with Gasteiger partial charge in [0.1, 0.15) is 11.4 Å². The van der Waals surface area contributed by atoms with Crippen LogP contribution in [0.4, 0.5) is 13.2 Å². The third-order valence-corrected chi connectivity index (χ3v) is 4.95. The summed E-state index contributed by atoms with van der Waals surface area (Å²) in [6.07, 6.45) is -4.65. The minimum atomic E-state index is -4.65. The van der Waals surface area contributed by atoms with Crippen LogP contribution < -0.4 is 4.83 Å². The van der Waals surface area contributed by atoms with Crippen LogP contribution in [0.5, 0.6) is 0 Å². The van der Waals surface area contributed by atoms with Gasteiger partial charge >= 0.3 is 6.18 Å². The monoisotopic (exact) mass is 409 g/mol. The Morgan fingerprint density at radius 2 is 1.79 bits per heavy atom. The van der Waals surface area contributed by atoms with Crippen molar-refractivity contribution in [3.05, 3.63) is 72.0 Å². The zero-order valence-corrected chi connectivity index (χ0v) is 15.3. The van der Waals surface area contributed by atoms with Gasteiger partial charge in [0.15, 0.2) is 5.76 Å². The number of benzene rings is 2. The van der Waals surface area contributed by atoms with Crippen LogP contribution in [0.2, 0.25) is 0 Å². The van der Waals surface area contributed by atoms with Gasteiger partial charge in [-0.2, -0.15) is 31.5 Å². The zero-order valence-electron chi connectivity index (χ0n) is 14.4. The number of sulfonamides is 1. The number of hydrazone groups is 1. The maximum Gasteiger partial charge on any atom is 0.416 e. The predicted octanol–water partition coefficient (Wildman–Crippen LogP) is 4.06. The Labute approximate surface area is 158 Å². The molecule has 0 radical (unpaired) electrons. The molecule has 1 aromatic heterocycles. The van der Waals surface area contributed by atoms with Crippen molar-refractivity contribution in [2.75, 3.05) is 0 Å². The number of hydrogen-bond donors (Lipinski definition) is 1. The SMILES string of the molecule is C/C(=N/NS(=O)(=O)c1cccc(C(F)(F)F)c1)c1cc(-c2ccccc2)no1. The van der Waals surface area contributed by atoms with Crippen molar-refractivity contribution >= 4 is 15.7 Å². The van der Waals surface area contributed by atoms with Crippen molar-refractivity contribution in [3.8, 4) is 11.3 Å². The standard InChI is InChI=1S/C18H14F3N3O3S/c1-12(17-11-16(23-27-17)13-6-3-2-4-7-13)22-24-28(25,26)15-9-5-8-14(10-15)18(19,20)21/h2-11,24H,1H3/b22-12-. The van der Waals surface area contributed by atoms with E-state index in [1.54, 1.807) is 6.07 Å². The molecule has 0 aliphatic carbocycles. The van der Waals surface area contributed by atoms with Crippen LogP contribution in [0, 0.1) is 0 Å². The molecule has 0 unspecified atom stereocenters. The van der Waals surface area contributed by atoms with Crippen LogP contribution in [0.1, 0.15) is 18.2 Å². The summed E-state index contributed by atoms with van der Waals surface area (Å²) in [5.74, 6) is 0.214. The summed E-state index contributed by atoms with van der Waals surface area (Å²) in [5.41, 5.74) is 0.421. The number of hydrogen-bond acceptors (Lipinski definition) is 5. The highest BCUT2D eigenvalue weighted by Gasteiger charge is 2.31. The van der Waals surface area contributed by atoms with Crippen molar-refractivity contribution in [3.63, 3.8) is 0 Å². The van der Waals surface area contributed by atoms with Crippen LogP contribution in [-0.2, 0) is 16.2 Å². The Balaban J connectivity index is 1.80. The number of halogens is 3. The van der Waals surface area contributed by atoms with Crippen LogP contribution in [0.3, 0.4) is 0 Å². The molecule has 3 aromatic rings. The predicted molar refractivity (Wildman–Crippen MR) is 95.9 cm³/mol. The fourth-order valence-electron chi connectivity index (χ4n) is 2.27. The van der Waals surface area contributed by atoms with Crippen LogP contribution >= 0.6 is 0 Å². The minimum Gasteiger partial charge on any atom is -0.354 e. The van der Waals surface area contributed by atoms with Crippen molar-refractivity contribution in [2.24, 2.45) is 5.10 Å². The third kappa shape index (κ3) is 4.39. The Kier molecular flexibility index (Phi) is 5.23. The Morgan fingerprint density at radius 1 is 1.07 bits per heavy atom. The van der Waals surface area contributed by atoms with Crippen molar-refractivity contribution in [1.82, 2.24) is 9.99 Å². The number of nitrogens with zero attached hydrogens (tertiary/aromatic N) is 2. The lowest BCUT2D eigenvalue weighted by atomic mass is 10.1. The summed E-state index contributed by atoms with van der Waals surface area (Å²) in [5, 5.41) is 7.60. The molecule has 0 aliphatic rings.